The van der Waals surface area contributed by atoms with E-state index < -0.39 is 67.2 Å². The van der Waals surface area contributed by atoms with Crippen molar-refractivity contribution in [1.29, 1.82) is 0 Å². The van der Waals surface area contributed by atoms with Crippen LogP contribution < -0.4 is 5.32 Å². The van der Waals surface area contributed by atoms with Crippen LogP contribution in [0.1, 0.15) is 24.0 Å². The Morgan fingerprint density at radius 1 is 0.816 bits per heavy atom. The van der Waals surface area contributed by atoms with E-state index in [-0.39, 0.29) is 0 Å². The standard InChI is InChI=1S/C36H36Br3NO9/c1-45-35-32-31(30(29(20-41)46-35)49-36(44)40-28-14-12-25(37)13-15-28)47-33(42)23(16-21-6-4-10-26(38)18-21)8-2-3-9-24(34(43)48-32)17-22-7-5-11-27(39)19-22/h2-7,10-15,18-19,23-24,29-32,35,41H,8-9,16-17,20H2,1H3,(H,40,44)/t23-,24-,29+,30+,31-,32+,35-/m0/s1. The van der Waals surface area contributed by atoms with E-state index in [1.165, 1.54) is 7.11 Å². The minimum Gasteiger partial charge on any atom is -0.454 e. The van der Waals surface area contributed by atoms with Crippen LogP contribution in [0.5, 0.6) is 0 Å². The molecular formula is C36H36Br3NO9. The molecule has 1 saturated heterocycles. The van der Waals surface area contributed by atoms with Gasteiger partial charge in [-0.1, -0.05) is 84.2 Å². The maximum atomic E-state index is 14.0. The predicted molar refractivity (Wildman–Crippen MR) is 192 cm³/mol. The topological polar surface area (TPSA) is 130 Å². The summed E-state index contributed by atoms with van der Waals surface area (Å²) in [4.78, 5) is 41.1. The molecule has 1 fully saturated rings. The Labute approximate surface area is 309 Å². The van der Waals surface area contributed by atoms with Crippen LogP contribution in [0, 0.1) is 11.8 Å². The highest BCUT2D eigenvalue weighted by molar-refractivity contribution is 9.11. The summed E-state index contributed by atoms with van der Waals surface area (Å²) in [5.74, 6) is -2.43. The summed E-state index contributed by atoms with van der Waals surface area (Å²) in [5.41, 5.74) is 2.26. The second kappa shape index (κ2) is 17.7. The lowest BCUT2D eigenvalue weighted by Gasteiger charge is -2.44. The zero-order chi connectivity index (χ0) is 34.9. The number of halogens is 3. The highest BCUT2D eigenvalue weighted by Crippen LogP contribution is 2.32. The molecule has 5 rings (SSSR count). The lowest BCUT2D eigenvalue weighted by molar-refractivity contribution is -0.300. The Morgan fingerprint density at radius 3 is 1.88 bits per heavy atom. The van der Waals surface area contributed by atoms with Crippen molar-refractivity contribution in [1.82, 2.24) is 0 Å². The van der Waals surface area contributed by atoms with Gasteiger partial charge in [0.25, 0.3) is 0 Å². The van der Waals surface area contributed by atoms with E-state index in [1.54, 1.807) is 24.3 Å². The number of rotatable bonds is 8. The van der Waals surface area contributed by atoms with Gasteiger partial charge in [0.2, 0.25) is 0 Å². The number of anilines is 1. The van der Waals surface area contributed by atoms with Crippen molar-refractivity contribution in [3.05, 3.63) is 109 Å². The van der Waals surface area contributed by atoms with Gasteiger partial charge >= 0.3 is 18.0 Å². The minimum atomic E-state index is -1.39. The van der Waals surface area contributed by atoms with Crippen molar-refractivity contribution in [2.45, 2.75) is 56.4 Å². The second-order valence-corrected chi connectivity index (χ2v) is 14.5. The third kappa shape index (κ3) is 10.2. The lowest BCUT2D eigenvalue weighted by Crippen LogP contribution is -2.63. The molecular weight excluding hydrogens is 830 g/mol. The summed E-state index contributed by atoms with van der Waals surface area (Å²) in [5, 5.41) is 13.0. The Bertz CT molecular complexity index is 1640. The fraction of sp³-hybridized carbons (Fsp3) is 0.361. The molecule has 3 aromatic carbocycles. The Kier molecular flexibility index (Phi) is 13.5. The highest BCUT2D eigenvalue weighted by Gasteiger charge is 2.53. The molecule has 7 atom stereocenters. The summed E-state index contributed by atoms with van der Waals surface area (Å²) >= 11 is 10.4. The van der Waals surface area contributed by atoms with Crippen LogP contribution in [0.3, 0.4) is 0 Å². The number of carbonyl (C=O) groups excluding carboxylic acids is 3. The molecule has 3 aromatic rings. The number of aliphatic hydroxyl groups is 1. The number of esters is 2. The van der Waals surface area contributed by atoms with E-state index in [1.807, 2.05) is 60.7 Å². The third-order valence-electron chi connectivity index (χ3n) is 8.26. The van der Waals surface area contributed by atoms with Gasteiger partial charge in [-0.15, -0.1) is 0 Å². The number of allylic oxidation sites excluding steroid dienone is 2. The summed E-state index contributed by atoms with van der Waals surface area (Å²) in [6.45, 7) is -0.611. The number of nitrogens with one attached hydrogen (secondary N) is 1. The molecule has 0 aliphatic carbocycles. The van der Waals surface area contributed by atoms with Gasteiger partial charge in [0.1, 0.15) is 6.10 Å². The summed E-state index contributed by atoms with van der Waals surface area (Å²) in [6.07, 6.45) is -2.27. The number of benzene rings is 3. The fourth-order valence-electron chi connectivity index (χ4n) is 5.83. The van der Waals surface area contributed by atoms with Gasteiger partial charge in [0.15, 0.2) is 24.6 Å². The van der Waals surface area contributed by atoms with E-state index in [2.05, 4.69) is 53.1 Å². The van der Waals surface area contributed by atoms with E-state index in [9.17, 15) is 19.5 Å². The first-order valence-electron chi connectivity index (χ1n) is 15.7. The third-order valence-corrected chi connectivity index (χ3v) is 9.77. The quantitative estimate of drug-likeness (QED) is 0.138. The summed E-state index contributed by atoms with van der Waals surface area (Å²) in [7, 11) is 1.35. The Morgan fingerprint density at radius 2 is 1.37 bits per heavy atom. The number of aliphatic hydroxyl groups excluding tert-OH is 1. The van der Waals surface area contributed by atoms with Crippen LogP contribution in [0.4, 0.5) is 10.5 Å². The van der Waals surface area contributed by atoms with Crippen LogP contribution in [-0.4, -0.2) is 67.6 Å². The number of amides is 1. The fourth-order valence-corrected chi connectivity index (χ4v) is 6.98. The van der Waals surface area contributed by atoms with Crippen molar-refractivity contribution >= 4 is 71.5 Å². The lowest BCUT2D eigenvalue weighted by atomic mass is 9.92. The van der Waals surface area contributed by atoms with Crippen molar-refractivity contribution in [2.24, 2.45) is 11.8 Å². The van der Waals surface area contributed by atoms with Crippen molar-refractivity contribution < 1.29 is 43.2 Å². The number of methoxy groups -OCH3 is 1. The van der Waals surface area contributed by atoms with Crippen molar-refractivity contribution in [2.75, 3.05) is 19.0 Å². The summed E-state index contributed by atoms with van der Waals surface area (Å²) < 4.78 is 32.1. The zero-order valence-corrected chi connectivity index (χ0v) is 31.3. The average molecular weight is 866 g/mol. The van der Waals surface area contributed by atoms with Crippen molar-refractivity contribution in [3.8, 4) is 0 Å². The number of hydrogen-bond acceptors (Lipinski definition) is 9. The van der Waals surface area contributed by atoms with E-state index in [0.717, 1.165) is 24.5 Å². The molecule has 10 nitrogen and oxygen atoms in total. The molecule has 2 heterocycles. The molecule has 0 aromatic heterocycles. The average Bonchev–Trinajstić information content (AvgIpc) is 3.07. The molecule has 0 radical (unpaired) electrons. The Balaban J connectivity index is 1.50. The van der Waals surface area contributed by atoms with Gasteiger partial charge in [0, 0.05) is 26.2 Å². The first-order valence-corrected chi connectivity index (χ1v) is 18.1. The van der Waals surface area contributed by atoms with E-state index in [0.29, 0.717) is 31.4 Å². The number of hydrogen-bond donors (Lipinski definition) is 2. The largest absolute Gasteiger partial charge is 0.454 e. The molecule has 260 valence electrons. The van der Waals surface area contributed by atoms with Crippen LogP contribution in [0.2, 0.25) is 0 Å². The highest BCUT2D eigenvalue weighted by atomic mass is 79.9. The van der Waals surface area contributed by atoms with Gasteiger partial charge in [-0.3, -0.25) is 14.9 Å². The first kappa shape index (κ1) is 37.2. The molecule has 13 heteroatoms. The van der Waals surface area contributed by atoms with E-state index in [4.69, 9.17) is 23.7 Å². The van der Waals surface area contributed by atoms with E-state index >= 15 is 0 Å². The minimum absolute atomic E-state index is 0.324. The van der Waals surface area contributed by atoms with Gasteiger partial charge in [0.05, 0.1) is 18.4 Å². The predicted octanol–water partition coefficient (Wildman–Crippen LogP) is 7.15. The zero-order valence-electron chi connectivity index (χ0n) is 26.5. The summed E-state index contributed by atoms with van der Waals surface area (Å²) in [6, 6.07) is 22.1. The smallest absolute Gasteiger partial charge is 0.412 e. The van der Waals surface area contributed by atoms with Gasteiger partial charge in [-0.2, -0.15) is 0 Å². The Hall–Kier alpha value is -3.07. The number of ether oxygens (including phenoxy) is 5. The SMILES string of the molecule is CO[C@H]1O[C@H](CO)[C@@H](OC(=O)Nc2ccc(Br)cc2)[C@@H]2OC(=O)[C@H](Cc3cccc(Br)c3)CC=CC[C@@H](Cc3cccc(Br)c3)C(=O)O[C@@H]12. The van der Waals surface area contributed by atoms with Gasteiger partial charge in [-0.25, -0.2) is 4.79 Å². The monoisotopic (exact) mass is 863 g/mol. The molecule has 2 aliphatic heterocycles. The molecule has 2 N–H and O–H groups in total. The normalized spacial score (nSPS) is 25.9. The maximum Gasteiger partial charge on any atom is 0.412 e. The second-order valence-electron chi connectivity index (χ2n) is 11.8. The molecule has 0 bridgehead atoms. The van der Waals surface area contributed by atoms with Crippen LogP contribution in [-0.2, 0) is 46.1 Å². The van der Waals surface area contributed by atoms with Crippen LogP contribution >= 0.6 is 47.8 Å². The van der Waals surface area contributed by atoms with Gasteiger partial charge < -0.3 is 28.8 Å². The molecule has 0 unspecified atom stereocenters. The number of fused-ring (bicyclic) bond motifs is 1. The number of carbonyl (C=O) groups is 3. The molecule has 1 amide bonds. The molecule has 0 saturated carbocycles. The van der Waals surface area contributed by atoms with Crippen LogP contribution in [0.25, 0.3) is 0 Å². The molecule has 0 spiro atoms. The van der Waals surface area contributed by atoms with Crippen LogP contribution in [0.15, 0.2) is 98.4 Å². The molecule has 49 heavy (non-hydrogen) atoms. The van der Waals surface area contributed by atoms with Crippen molar-refractivity contribution in [3.63, 3.8) is 0 Å². The van der Waals surface area contributed by atoms with Gasteiger partial charge in [-0.05, 0) is 85.3 Å². The molecule has 2 aliphatic rings. The first-order chi connectivity index (χ1) is 23.6. The maximum absolute atomic E-state index is 14.0.